The Morgan fingerprint density at radius 3 is 2.46 bits per heavy atom. The van der Waals surface area contributed by atoms with Crippen LogP contribution in [0.1, 0.15) is 39.9 Å². The topological polar surface area (TPSA) is 96.0 Å². The van der Waals surface area contributed by atoms with Crippen LogP contribution in [-0.4, -0.2) is 60.7 Å². The lowest BCUT2D eigenvalue weighted by atomic mass is 10.0. The Morgan fingerprint density at radius 2 is 1.74 bits per heavy atom. The molecule has 2 aromatic rings. The summed E-state index contributed by atoms with van der Waals surface area (Å²) >= 11 is 0. The highest BCUT2D eigenvalue weighted by atomic mass is 32.2. The molecular formula is C26H29N3O5S. The lowest BCUT2D eigenvalue weighted by Gasteiger charge is -2.31. The maximum absolute atomic E-state index is 13.0. The molecule has 35 heavy (non-hydrogen) atoms. The highest BCUT2D eigenvalue weighted by molar-refractivity contribution is 7.91. The zero-order valence-corrected chi connectivity index (χ0v) is 20.4. The molecule has 0 spiro atoms. The first kappa shape index (κ1) is 23.6. The molecule has 8 nitrogen and oxygen atoms in total. The van der Waals surface area contributed by atoms with Crippen molar-refractivity contribution in [2.24, 2.45) is 0 Å². The van der Waals surface area contributed by atoms with Crippen LogP contribution in [0.4, 0.5) is 0 Å². The molecule has 1 unspecified atom stereocenters. The first-order chi connectivity index (χ1) is 16.8. The van der Waals surface area contributed by atoms with Gasteiger partial charge in [-0.15, -0.1) is 0 Å². The number of hydrogen-bond acceptors (Lipinski definition) is 6. The molecule has 184 valence electrons. The molecule has 2 fully saturated rings. The summed E-state index contributed by atoms with van der Waals surface area (Å²) in [5, 5.41) is 2.76. The van der Waals surface area contributed by atoms with Gasteiger partial charge in [0, 0.05) is 36.5 Å². The maximum atomic E-state index is 13.0. The van der Waals surface area contributed by atoms with Crippen molar-refractivity contribution in [2.45, 2.75) is 38.6 Å². The minimum Gasteiger partial charge on any atom is -0.489 e. The SMILES string of the molecule is C=C1CCC(N2Cc3c(OCc4ccc(CN5CCS(=O)(=O)CC5)cc4)cccc3C2=O)C(=O)N1. The third-order valence-electron chi connectivity index (χ3n) is 6.91. The lowest BCUT2D eigenvalue weighted by molar-refractivity contribution is -0.126. The van der Waals surface area contributed by atoms with E-state index in [1.54, 1.807) is 17.0 Å². The molecule has 2 saturated heterocycles. The number of nitrogens with one attached hydrogen (secondary N) is 1. The van der Waals surface area contributed by atoms with E-state index in [1.165, 1.54) is 0 Å². The number of carbonyl (C=O) groups is 2. The Labute approximate surface area is 205 Å². The number of piperidine rings is 1. The number of benzene rings is 2. The average molecular weight is 496 g/mol. The van der Waals surface area contributed by atoms with Crippen LogP contribution in [0.3, 0.4) is 0 Å². The molecule has 0 aliphatic carbocycles. The standard InChI is InChI=1S/C26H29N3O5S/c1-18-5-10-23(25(30)27-18)29-16-22-21(26(29)31)3-2-4-24(22)34-17-20-8-6-19(7-9-20)15-28-11-13-35(32,33)14-12-28/h2-4,6-9,23H,1,5,10-17H2,(H,27,30). The number of carbonyl (C=O) groups excluding carboxylic acids is 2. The molecule has 0 bridgehead atoms. The predicted octanol–water partition coefficient (Wildman–Crippen LogP) is 2.24. The lowest BCUT2D eigenvalue weighted by Crippen LogP contribution is -2.49. The van der Waals surface area contributed by atoms with Gasteiger partial charge in [0.25, 0.3) is 5.91 Å². The summed E-state index contributed by atoms with van der Waals surface area (Å²) in [4.78, 5) is 29.2. The van der Waals surface area contributed by atoms with Crippen molar-refractivity contribution >= 4 is 21.7 Å². The van der Waals surface area contributed by atoms with Crippen LogP contribution in [-0.2, 0) is 34.3 Å². The molecule has 2 amide bonds. The number of hydrogen-bond donors (Lipinski definition) is 1. The molecule has 5 rings (SSSR count). The van der Waals surface area contributed by atoms with Crippen molar-refractivity contribution in [1.82, 2.24) is 15.1 Å². The van der Waals surface area contributed by atoms with Crippen molar-refractivity contribution < 1.29 is 22.7 Å². The summed E-state index contributed by atoms with van der Waals surface area (Å²) < 4.78 is 29.3. The van der Waals surface area contributed by atoms with Gasteiger partial charge in [0.05, 0.1) is 18.1 Å². The third kappa shape index (κ3) is 5.11. The summed E-state index contributed by atoms with van der Waals surface area (Å²) in [7, 11) is -2.88. The third-order valence-corrected chi connectivity index (χ3v) is 8.52. The second-order valence-electron chi connectivity index (χ2n) is 9.40. The Balaban J connectivity index is 1.21. The molecule has 0 saturated carbocycles. The molecule has 3 aliphatic rings. The largest absolute Gasteiger partial charge is 0.489 e. The van der Waals surface area contributed by atoms with E-state index in [9.17, 15) is 18.0 Å². The van der Waals surface area contributed by atoms with Crippen molar-refractivity contribution in [1.29, 1.82) is 0 Å². The number of allylic oxidation sites excluding steroid dienone is 1. The summed E-state index contributed by atoms with van der Waals surface area (Å²) in [6.45, 7) is 6.38. The van der Waals surface area contributed by atoms with Gasteiger partial charge in [0.2, 0.25) is 5.91 Å². The Kier molecular flexibility index (Phi) is 6.37. The number of sulfone groups is 1. The smallest absolute Gasteiger partial charge is 0.255 e. The summed E-state index contributed by atoms with van der Waals surface area (Å²) in [6, 6.07) is 13.0. The van der Waals surface area contributed by atoms with Crippen LogP contribution in [0.15, 0.2) is 54.7 Å². The van der Waals surface area contributed by atoms with Crippen molar-refractivity contribution in [2.75, 3.05) is 24.6 Å². The van der Waals surface area contributed by atoms with Gasteiger partial charge in [-0.2, -0.15) is 0 Å². The van der Waals surface area contributed by atoms with Crippen molar-refractivity contribution in [3.63, 3.8) is 0 Å². The van der Waals surface area contributed by atoms with E-state index in [2.05, 4.69) is 16.8 Å². The van der Waals surface area contributed by atoms with Crippen LogP contribution < -0.4 is 10.1 Å². The molecule has 3 aliphatic heterocycles. The molecular weight excluding hydrogens is 466 g/mol. The van der Waals surface area contributed by atoms with E-state index < -0.39 is 15.9 Å². The second-order valence-corrected chi connectivity index (χ2v) is 11.7. The monoisotopic (exact) mass is 495 g/mol. The van der Waals surface area contributed by atoms with Gasteiger partial charge in [-0.25, -0.2) is 8.42 Å². The van der Waals surface area contributed by atoms with Crippen LogP contribution in [0, 0.1) is 0 Å². The normalized spacial score (nSPS) is 22.1. The molecule has 0 radical (unpaired) electrons. The highest BCUT2D eigenvalue weighted by Gasteiger charge is 2.39. The van der Waals surface area contributed by atoms with E-state index in [4.69, 9.17) is 4.74 Å². The van der Waals surface area contributed by atoms with Crippen LogP contribution in [0.5, 0.6) is 5.75 Å². The minimum absolute atomic E-state index is 0.145. The average Bonchev–Trinajstić information content (AvgIpc) is 3.17. The summed E-state index contributed by atoms with van der Waals surface area (Å²) in [5.74, 6) is 0.767. The van der Waals surface area contributed by atoms with Gasteiger partial charge in [-0.1, -0.05) is 36.9 Å². The first-order valence-electron chi connectivity index (χ1n) is 11.8. The van der Waals surface area contributed by atoms with Gasteiger partial charge >= 0.3 is 0 Å². The fraction of sp³-hybridized carbons (Fsp3) is 0.385. The van der Waals surface area contributed by atoms with Gasteiger partial charge in [-0.3, -0.25) is 14.5 Å². The van der Waals surface area contributed by atoms with Gasteiger partial charge in [0.15, 0.2) is 9.84 Å². The van der Waals surface area contributed by atoms with E-state index >= 15 is 0 Å². The summed E-state index contributed by atoms with van der Waals surface area (Å²) in [5.41, 5.74) is 4.21. The number of nitrogens with zero attached hydrogens (tertiary/aromatic N) is 2. The van der Waals surface area contributed by atoms with Gasteiger partial charge in [0.1, 0.15) is 18.4 Å². The summed E-state index contributed by atoms with van der Waals surface area (Å²) in [6.07, 6.45) is 1.23. The predicted molar refractivity (Wildman–Crippen MR) is 131 cm³/mol. The Bertz CT molecular complexity index is 1260. The molecule has 0 aromatic heterocycles. The van der Waals surface area contributed by atoms with Crippen molar-refractivity contribution in [3.8, 4) is 5.75 Å². The van der Waals surface area contributed by atoms with Crippen LogP contribution in [0.25, 0.3) is 0 Å². The first-order valence-corrected chi connectivity index (χ1v) is 13.7. The second kappa shape index (κ2) is 9.47. The number of amides is 2. The molecule has 2 aromatic carbocycles. The van der Waals surface area contributed by atoms with Crippen molar-refractivity contribution in [3.05, 3.63) is 77.0 Å². The zero-order chi connectivity index (χ0) is 24.6. The Morgan fingerprint density at radius 1 is 1.03 bits per heavy atom. The molecule has 3 heterocycles. The van der Waals surface area contributed by atoms with E-state index in [-0.39, 0.29) is 23.3 Å². The quantitative estimate of drug-likeness (QED) is 0.661. The van der Waals surface area contributed by atoms with Gasteiger partial charge in [-0.05, 0) is 36.1 Å². The van der Waals surface area contributed by atoms with E-state index in [0.29, 0.717) is 56.1 Å². The molecule has 9 heteroatoms. The molecule has 1 N–H and O–H groups in total. The maximum Gasteiger partial charge on any atom is 0.255 e. The molecule has 1 atom stereocenters. The number of ether oxygens (including phenoxy) is 1. The van der Waals surface area contributed by atoms with Crippen LogP contribution in [0.2, 0.25) is 0 Å². The van der Waals surface area contributed by atoms with Gasteiger partial charge < -0.3 is 15.0 Å². The fourth-order valence-corrected chi connectivity index (χ4v) is 6.12. The Hall–Kier alpha value is -3.17. The number of rotatable bonds is 6. The van der Waals surface area contributed by atoms with E-state index in [0.717, 1.165) is 23.2 Å². The minimum atomic E-state index is -2.88. The number of fused-ring (bicyclic) bond motifs is 1. The van der Waals surface area contributed by atoms with Crippen LogP contribution >= 0.6 is 0 Å². The van der Waals surface area contributed by atoms with E-state index in [1.807, 2.05) is 30.3 Å². The highest BCUT2D eigenvalue weighted by Crippen LogP contribution is 2.34. The zero-order valence-electron chi connectivity index (χ0n) is 19.5. The fourth-order valence-electron chi connectivity index (χ4n) is 4.84.